The fourth-order valence-corrected chi connectivity index (χ4v) is 2.37. The van der Waals surface area contributed by atoms with Crippen molar-refractivity contribution in [3.05, 3.63) is 0 Å². The highest BCUT2D eigenvalue weighted by molar-refractivity contribution is 7.81. The number of carbonyl (C=O) groups excluding carboxylic acids is 3. The van der Waals surface area contributed by atoms with Crippen molar-refractivity contribution in [3.63, 3.8) is 0 Å². The van der Waals surface area contributed by atoms with Crippen LogP contribution in [-0.2, 0) is 14.4 Å². The first kappa shape index (κ1) is 15.2. The molecule has 18 heavy (non-hydrogen) atoms. The average molecular weight is 271 g/mol. The first-order valence-corrected chi connectivity index (χ1v) is 7.12. The van der Waals surface area contributed by atoms with Crippen LogP contribution < -0.4 is 0 Å². The van der Waals surface area contributed by atoms with Gasteiger partial charge in [-0.05, 0) is 19.3 Å². The fraction of sp³-hybridized carbons (Fsp3) is 0.769. The summed E-state index contributed by atoms with van der Waals surface area (Å²) in [6, 6.07) is 0. The van der Waals surface area contributed by atoms with Gasteiger partial charge in [0.25, 0.3) is 0 Å². The summed E-state index contributed by atoms with van der Waals surface area (Å²) < 4.78 is 0. The van der Waals surface area contributed by atoms with Gasteiger partial charge in [-0.2, -0.15) is 12.6 Å². The second kappa shape index (κ2) is 7.56. The zero-order valence-electron chi connectivity index (χ0n) is 10.9. The van der Waals surface area contributed by atoms with E-state index < -0.39 is 5.25 Å². The summed E-state index contributed by atoms with van der Waals surface area (Å²) in [5, 5.41) is -0.455. The fourth-order valence-electron chi connectivity index (χ4n) is 2.07. The van der Waals surface area contributed by atoms with Gasteiger partial charge in [0.15, 0.2) is 0 Å². The van der Waals surface area contributed by atoms with E-state index in [0.29, 0.717) is 25.2 Å². The molecule has 0 saturated carbocycles. The third-order valence-electron chi connectivity index (χ3n) is 3.09. The molecule has 0 aliphatic carbocycles. The van der Waals surface area contributed by atoms with Crippen LogP contribution in [-0.4, -0.2) is 34.3 Å². The minimum Gasteiger partial charge on any atom is -0.300 e. The second-order valence-electron chi connectivity index (χ2n) is 4.70. The van der Waals surface area contributed by atoms with Crippen molar-refractivity contribution in [2.45, 2.75) is 57.1 Å². The van der Waals surface area contributed by atoms with Crippen LogP contribution in [0.3, 0.4) is 0 Å². The maximum atomic E-state index is 11.5. The maximum absolute atomic E-state index is 11.5. The molecule has 1 atom stereocenters. The summed E-state index contributed by atoms with van der Waals surface area (Å²) in [4.78, 5) is 35.6. The Hall–Kier alpha value is -0.840. The van der Waals surface area contributed by atoms with Gasteiger partial charge < -0.3 is 0 Å². The highest BCUT2D eigenvalue weighted by atomic mass is 32.1. The van der Waals surface area contributed by atoms with E-state index >= 15 is 0 Å². The molecule has 0 bridgehead atoms. The number of hydrogen-bond acceptors (Lipinski definition) is 4. The summed E-state index contributed by atoms with van der Waals surface area (Å²) in [6.45, 7) is 2.47. The maximum Gasteiger partial charge on any atom is 0.242 e. The Kier molecular flexibility index (Phi) is 6.39. The van der Waals surface area contributed by atoms with Gasteiger partial charge in [-0.15, -0.1) is 0 Å². The Labute approximate surface area is 114 Å². The van der Waals surface area contributed by atoms with Crippen molar-refractivity contribution in [2.75, 3.05) is 6.54 Å². The van der Waals surface area contributed by atoms with E-state index in [1.54, 1.807) is 0 Å². The Balaban J connectivity index is 2.13. The summed E-state index contributed by atoms with van der Waals surface area (Å²) in [5.41, 5.74) is 0. The van der Waals surface area contributed by atoms with Gasteiger partial charge in [0.1, 0.15) is 5.78 Å². The molecule has 1 aliphatic heterocycles. The Morgan fingerprint density at radius 2 is 2.00 bits per heavy atom. The predicted octanol–water partition coefficient (Wildman–Crippen LogP) is 1.97. The van der Waals surface area contributed by atoms with Gasteiger partial charge in [-0.25, -0.2) is 0 Å². The van der Waals surface area contributed by atoms with Crippen LogP contribution in [0.5, 0.6) is 0 Å². The lowest BCUT2D eigenvalue weighted by Crippen LogP contribution is -2.31. The summed E-state index contributed by atoms with van der Waals surface area (Å²) in [6.07, 6.45) is 4.89. The van der Waals surface area contributed by atoms with Crippen molar-refractivity contribution >= 4 is 30.2 Å². The highest BCUT2D eigenvalue weighted by Gasteiger charge is 2.35. The standard InChI is InChI=1S/C13H21NO3S/c1-2-6-10(15)7-4-3-5-8-14-12(16)9-11(18)13(14)17/h11,18H,2-9H2,1H3. The van der Waals surface area contributed by atoms with Crippen molar-refractivity contribution in [3.8, 4) is 0 Å². The van der Waals surface area contributed by atoms with Crippen LogP contribution in [0.1, 0.15) is 51.9 Å². The van der Waals surface area contributed by atoms with E-state index in [1.165, 1.54) is 4.90 Å². The zero-order valence-corrected chi connectivity index (χ0v) is 11.7. The Bertz CT molecular complexity index is 330. The summed E-state index contributed by atoms with van der Waals surface area (Å²) >= 11 is 4.06. The minimum absolute atomic E-state index is 0.123. The van der Waals surface area contributed by atoms with Crippen molar-refractivity contribution in [2.24, 2.45) is 0 Å². The molecule has 0 N–H and O–H groups in total. The SMILES string of the molecule is CCCC(=O)CCCCCN1C(=O)CC(S)C1=O. The van der Waals surface area contributed by atoms with Crippen LogP contribution in [0.4, 0.5) is 0 Å². The quantitative estimate of drug-likeness (QED) is 0.417. The van der Waals surface area contributed by atoms with Crippen molar-refractivity contribution < 1.29 is 14.4 Å². The minimum atomic E-state index is -0.455. The average Bonchev–Trinajstić information content (AvgIpc) is 2.55. The third-order valence-corrected chi connectivity index (χ3v) is 3.49. The molecule has 0 aromatic rings. The van der Waals surface area contributed by atoms with Gasteiger partial charge in [-0.1, -0.05) is 13.3 Å². The molecular formula is C13H21NO3S. The number of likely N-dealkylation sites (tertiary alicyclic amines) is 1. The molecular weight excluding hydrogens is 250 g/mol. The largest absolute Gasteiger partial charge is 0.300 e. The van der Waals surface area contributed by atoms with E-state index in [4.69, 9.17) is 0 Å². The molecule has 1 aliphatic rings. The molecule has 1 fully saturated rings. The van der Waals surface area contributed by atoms with Crippen LogP contribution in [0, 0.1) is 0 Å². The molecule has 1 unspecified atom stereocenters. The van der Waals surface area contributed by atoms with E-state index in [1.807, 2.05) is 6.92 Å². The van der Waals surface area contributed by atoms with Crippen molar-refractivity contribution in [1.29, 1.82) is 0 Å². The third kappa shape index (κ3) is 4.44. The summed E-state index contributed by atoms with van der Waals surface area (Å²) in [7, 11) is 0. The summed E-state index contributed by atoms with van der Waals surface area (Å²) in [5.74, 6) is 0.00806. The molecule has 0 spiro atoms. The van der Waals surface area contributed by atoms with E-state index in [9.17, 15) is 14.4 Å². The number of carbonyl (C=O) groups is 3. The smallest absolute Gasteiger partial charge is 0.242 e. The van der Waals surface area contributed by atoms with Gasteiger partial charge in [-0.3, -0.25) is 19.3 Å². The number of rotatable bonds is 8. The van der Waals surface area contributed by atoms with Crippen LogP contribution in [0.2, 0.25) is 0 Å². The molecule has 0 aromatic carbocycles. The lowest BCUT2D eigenvalue weighted by molar-refractivity contribution is -0.138. The molecule has 0 radical (unpaired) electrons. The van der Waals surface area contributed by atoms with Crippen LogP contribution in [0.15, 0.2) is 0 Å². The molecule has 2 amide bonds. The number of amides is 2. The number of imide groups is 1. The van der Waals surface area contributed by atoms with E-state index in [0.717, 1.165) is 25.7 Å². The first-order chi connectivity index (χ1) is 8.56. The number of ketones is 1. The normalized spacial score (nSPS) is 19.7. The molecule has 102 valence electrons. The Morgan fingerprint density at radius 3 is 2.56 bits per heavy atom. The molecule has 1 heterocycles. The number of nitrogens with zero attached hydrogens (tertiary/aromatic N) is 1. The van der Waals surface area contributed by atoms with E-state index in [-0.39, 0.29) is 18.2 Å². The predicted molar refractivity (Wildman–Crippen MR) is 72.5 cm³/mol. The Morgan fingerprint density at radius 1 is 1.28 bits per heavy atom. The van der Waals surface area contributed by atoms with Crippen LogP contribution >= 0.6 is 12.6 Å². The van der Waals surface area contributed by atoms with E-state index in [2.05, 4.69) is 12.6 Å². The number of Topliss-reactive ketones (excluding diaryl/α,β-unsaturated/α-hetero) is 1. The van der Waals surface area contributed by atoms with Gasteiger partial charge in [0.2, 0.25) is 11.8 Å². The number of hydrogen-bond donors (Lipinski definition) is 1. The molecule has 0 aromatic heterocycles. The second-order valence-corrected chi connectivity index (χ2v) is 5.33. The highest BCUT2D eigenvalue weighted by Crippen LogP contribution is 2.18. The number of unbranched alkanes of at least 4 members (excludes halogenated alkanes) is 2. The lowest BCUT2D eigenvalue weighted by Gasteiger charge is -2.13. The molecule has 5 heteroatoms. The van der Waals surface area contributed by atoms with Crippen molar-refractivity contribution in [1.82, 2.24) is 4.90 Å². The molecule has 4 nitrogen and oxygen atoms in total. The van der Waals surface area contributed by atoms with Gasteiger partial charge >= 0.3 is 0 Å². The van der Waals surface area contributed by atoms with Gasteiger partial charge in [0.05, 0.1) is 5.25 Å². The topological polar surface area (TPSA) is 54.5 Å². The zero-order chi connectivity index (χ0) is 13.5. The lowest BCUT2D eigenvalue weighted by atomic mass is 10.1. The molecule has 1 rings (SSSR count). The monoisotopic (exact) mass is 271 g/mol. The first-order valence-electron chi connectivity index (χ1n) is 6.60. The molecule has 1 saturated heterocycles. The number of thiol groups is 1. The van der Waals surface area contributed by atoms with Crippen LogP contribution in [0.25, 0.3) is 0 Å². The van der Waals surface area contributed by atoms with Gasteiger partial charge in [0, 0.05) is 25.8 Å².